The summed E-state index contributed by atoms with van der Waals surface area (Å²) in [7, 11) is -1.82. The van der Waals surface area contributed by atoms with Gasteiger partial charge in [-0.05, 0) is 13.8 Å². The molecule has 96 valence electrons. The summed E-state index contributed by atoms with van der Waals surface area (Å²) in [4.78, 5) is 0. The predicted molar refractivity (Wildman–Crippen MR) is 62.5 cm³/mol. The smallest absolute Gasteiger partial charge is 0.279 e. The summed E-state index contributed by atoms with van der Waals surface area (Å²) in [5.41, 5.74) is -0.172. The van der Waals surface area contributed by atoms with Gasteiger partial charge in [0.1, 0.15) is 0 Å². The van der Waals surface area contributed by atoms with Crippen molar-refractivity contribution in [3.63, 3.8) is 0 Å². The summed E-state index contributed by atoms with van der Waals surface area (Å²) >= 11 is 0. The van der Waals surface area contributed by atoms with Crippen LogP contribution in [0.1, 0.15) is 13.8 Å². The Morgan fingerprint density at radius 2 is 2.19 bits per heavy atom. The van der Waals surface area contributed by atoms with E-state index in [4.69, 9.17) is 4.74 Å². The molecule has 1 aliphatic heterocycles. The highest BCUT2D eigenvalue weighted by Gasteiger charge is 2.32. The van der Waals surface area contributed by atoms with Crippen molar-refractivity contribution in [3.8, 4) is 0 Å². The minimum absolute atomic E-state index is 0.172. The van der Waals surface area contributed by atoms with Crippen molar-refractivity contribution in [1.82, 2.24) is 14.3 Å². The molecule has 16 heavy (non-hydrogen) atoms. The Morgan fingerprint density at radius 3 is 2.75 bits per heavy atom. The van der Waals surface area contributed by atoms with Gasteiger partial charge >= 0.3 is 0 Å². The molecule has 6 nitrogen and oxygen atoms in total. The average Bonchev–Trinajstić information content (AvgIpc) is 2.16. The highest BCUT2D eigenvalue weighted by atomic mass is 32.2. The fourth-order valence-electron chi connectivity index (χ4n) is 1.66. The summed E-state index contributed by atoms with van der Waals surface area (Å²) in [6.45, 7) is 6.34. The maximum Gasteiger partial charge on any atom is 0.279 e. The second-order valence-electron chi connectivity index (χ2n) is 4.54. The van der Waals surface area contributed by atoms with Gasteiger partial charge in [-0.2, -0.15) is 17.4 Å². The molecule has 1 saturated heterocycles. The van der Waals surface area contributed by atoms with E-state index in [1.54, 1.807) is 7.11 Å². The van der Waals surface area contributed by atoms with Crippen LogP contribution in [-0.2, 0) is 14.9 Å². The number of rotatable bonds is 5. The lowest BCUT2D eigenvalue weighted by Gasteiger charge is -2.38. The van der Waals surface area contributed by atoms with E-state index in [-0.39, 0.29) is 5.54 Å². The number of hydrogen-bond donors (Lipinski definition) is 2. The third-order valence-corrected chi connectivity index (χ3v) is 4.03. The van der Waals surface area contributed by atoms with Crippen LogP contribution in [0, 0.1) is 0 Å². The van der Waals surface area contributed by atoms with E-state index in [1.807, 2.05) is 13.8 Å². The number of ether oxygens (including phenoxy) is 1. The first-order chi connectivity index (χ1) is 7.37. The molecule has 0 bridgehead atoms. The molecular weight excluding hydrogens is 230 g/mol. The van der Waals surface area contributed by atoms with Gasteiger partial charge in [0.2, 0.25) is 0 Å². The normalized spacial score (nSPS) is 22.2. The van der Waals surface area contributed by atoms with Crippen LogP contribution in [-0.4, -0.2) is 58.2 Å². The first-order valence-corrected chi connectivity index (χ1v) is 6.80. The van der Waals surface area contributed by atoms with Gasteiger partial charge in [0.15, 0.2) is 0 Å². The molecule has 0 spiro atoms. The van der Waals surface area contributed by atoms with Crippen LogP contribution in [0.2, 0.25) is 0 Å². The van der Waals surface area contributed by atoms with Gasteiger partial charge in [0.05, 0.1) is 6.61 Å². The quantitative estimate of drug-likeness (QED) is 0.625. The van der Waals surface area contributed by atoms with Crippen LogP contribution in [0.25, 0.3) is 0 Å². The molecule has 1 rings (SSSR count). The van der Waals surface area contributed by atoms with Crippen molar-refractivity contribution in [1.29, 1.82) is 0 Å². The lowest BCUT2D eigenvalue weighted by molar-refractivity contribution is 0.201. The molecule has 0 saturated carbocycles. The average molecular weight is 251 g/mol. The van der Waals surface area contributed by atoms with Gasteiger partial charge in [-0.25, -0.2) is 0 Å². The zero-order valence-electron chi connectivity index (χ0n) is 10.1. The predicted octanol–water partition coefficient (Wildman–Crippen LogP) is -0.849. The zero-order valence-corrected chi connectivity index (χ0v) is 10.9. The molecule has 1 heterocycles. The van der Waals surface area contributed by atoms with Crippen LogP contribution in [0.5, 0.6) is 0 Å². The van der Waals surface area contributed by atoms with E-state index in [0.29, 0.717) is 32.8 Å². The molecule has 0 amide bonds. The molecular formula is C9H21N3O3S. The Kier molecular flexibility index (Phi) is 4.69. The fourth-order valence-corrected chi connectivity index (χ4v) is 3.01. The maximum atomic E-state index is 11.9. The van der Waals surface area contributed by atoms with E-state index in [9.17, 15) is 8.42 Å². The molecule has 2 N–H and O–H groups in total. The third-order valence-electron chi connectivity index (χ3n) is 2.47. The monoisotopic (exact) mass is 251 g/mol. The second kappa shape index (κ2) is 5.42. The van der Waals surface area contributed by atoms with Gasteiger partial charge < -0.3 is 10.1 Å². The Labute approximate surface area is 97.5 Å². The Balaban J connectivity index is 2.54. The largest absolute Gasteiger partial charge is 0.383 e. The van der Waals surface area contributed by atoms with Crippen molar-refractivity contribution >= 4 is 10.2 Å². The van der Waals surface area contributed by atoms with Crippen LogP contribution >= 0.6 is 0 Å². The second-order valence-corrected chi connectivity index (χ2v) is 6.29. The topological polar surface area (TPSA) is 70.7 Å². The fraction of sp³-hybridized carbons (Fsp3) is 1.00. The van der Waals surface area contributed by atoms with E-state index < -0.39 is 10.2 Å². The van der Waals surface area contributed by atoms with Crippen molar-refractivity contribution in [3.05, 3.63) is 0 Å². The lowest BCUT2D eigenvalue weighted by Crippen LogP contribution is -2.60. The van der Waals surface area contributed by atoms with Crippen molar-refractivity contribution in [2.24, 2.45) is 0 Å². The molecule has 0 aromatic heterocycles. The minimum Gasteiger partial charge on any atom is -0.383 e. The SMILES string of the molecule is COCCNS(=O)(=O)N1CCNC(C)(C)C1. The van der Waals surface area contributed by atoms with Crippen molar-refractivity contribution in [2.75, 3.05) is 39.9 Å². The van der Waals surface area contributed by atoms with E-state index >= 15 is 0 Å². The highest BCUT2D eigenvalue weighted by Crippen LogP contribution is 2.12. The number of methoxy groups -OCH3 is 1. The Morgan fingerprint density at radius 1 is 1.50 bits per heavy atom. The minimum atomic E-state index is -3.36. The standard InChI is InChI=1S/C9H21N3O3S/c1-9(2)8-12(6-4-10-9)16(13,14)11-5-7-15-3/h10-11H,4-8H2,1-3H3. The van der Waals surface area contributed by atoms with Gasteiger partial charge in [-0.3, -0.25) is 0 Å². The van der Waals surface area contributed by atoms with Crippen LogP contribution in [0.4, 0.5) is 0 Å². The van der Waals surface area contributed by atoms with E-state index in [1.165, 1.54) is 4.31 Å². The summed E-state index contributed by atoms with van der Waals surface area (Å²) in [6.07, 6.45) is 0. The maximum absolute atomic E-state index is 11.9. The van der Waals surface area contributed by atoms with Crippen LogP contribution < -0.4 is 10.0 Å². The molecule has 7 heteroatoms. The summed E-state index contributed by atoms with van der Waals surface area (Å²) in [5.74, 6) is 0. The summed E-state index contributed by atoms with van der Waals surface area (Å²) in [6, 6.07) is 0. The van der Waals surface area contributed by atoms with Crippen molar-refractivity contribution < 1.29 is 13.2 Å². The lowest BCUT2D eigenvalue weighted by atomic mass is 10.0. The van der Waals surface area contributed by atoms with Gasteiger partial charge in [0.25, 0.3) is 10.2 Å². The van der Waals surface area contributed by atoms with Gasteiger partial charge in [0, 0.05) is 38.8 Å². The Hall–Kier alpha value is -0.210. The number of nitrogens with one attached hydrogen (secondary N) is 2. The van der Waals surface area contributed by atoms with Gasteiger partial charge in [-0.15, -0.1) is 0 Å². The Bertz CT molecular complexity index is 316. The first-order valence-electron chi connectivity index (χ1n) is 5.36. The molecule has 0 aromatic carbocycles. The number of hydrogen-bond acceptors (Lipinski definition) is 4. The van der Waals surface area contributed by atoms with E-state index in [0.717, 1.165) is 0 Å². The highest BCUT2D eigenvalue weighted by molar-refractivity contribution is 7.87. The van der Waals surface area contributed by atoms with Crippen molar-refractivity contribution in [2.45, 2.75) is 19.4 Å². The molecule has 1 fully saturated rings. The molecule has 0 aliphatic carbocycles. The van der Waals surface area contributed by atoms with Crippen LogP contribution in [0.15, 0.2) is 0 Å². The molecule has 1 aliphatic rings. The molecule has 0 atom stereocenters. The summed E-state index contributed by atoms with van der Waals surface area (Å²) < 4.78 is 32.6. The van der Waals surface area contributed by atoms with Gasteiger partial charge in [-0.1, -0.05) is 0 Å². The number of nitrogens with zero attached hydrogens (tertiary/aromatic N) is 1. The summed E-state index contributed by atoms with van der Waals surface area (Å²) in [5, 5.41) is 3.27. The first kappa shape index (κ1) is 13.9. The molecule has 0 unspecified atom stereocenters. The third kappa shape index (κ3) is 3.99. The molecule has 0 aromatic rings. The zero-order chi connectivity index (χ0) is 12.2. The number of piperazine rings is 1. The van der Waals surface area contributed by atoms with E-state index in [2.05, 4.69) is 10.0 Å². The van der Waals surface area contributed by atoms with Crippen LogP contribution in [0.3, 0.4) is 0 Å². The molecule has 0 radical (unpaired) electrons.